The molecule has 2 aromatic carbocycles. The van der Waals surface area contributed by atoms with Gasteiger partial charge in [0.05, 0.1) is 32.8 Å². The monoisotopic (exact) mass is 476 g/mol. The number of anilines is 1. The molecule has 29 heavy (non-hydrogen) atoms. The number of hydrogen-bond acceptors (Lipinski definition) is 4. The van der Waals surface area contributed by atoms with Crippen molar-refractivity contribution in [2.24, 2.45) is 0 Å². The molecule has 0 aromatic heterocycles. The van der Waals surface area contributed by atoms with E-state index in [1.54, 1.807) is 19.1 Å². The Kier molecular flexibility index (Phi) is 6.65. The fraction of sp³-hybridized carbons (Fsp3) is 0.316. The zero-order valence-corrected chi connectivity index (χ0v) is 18.8. The number of nitrogens with zero attached hydrogens (tertiary/aromatic N) is 1. The zero-order chi connectivity index (χ0) is 21.3. The molecule has 0 radical (unpaired) electrons. The first-order valence-corrected chi connectivity index (χ1v) is 11.3. The number of rotatable bonds is 5. The molecule has 2 aromatic rings. The summed E-state index contributed by atoms with van der Waals surface area (Å²) in [6.45, 7) is 1.94. The maximum Gasteiger partial charge on any atom is 0.244 e. The highest BCUT2D eigenvalue weighted by molar-refractivity contribution is 7.89. The van der Waals surface area contributed by atoms with Crippen LogP contribution in [0.4, 0.5) is 5.69 Å². The summed E-state index contributed by atoms with van der Waals surface area (Å²) in [5.74, 6) is -0.0520. The van der Waals surface area contributed by atoms with Crippen LogP contribution >= 0.6 is 34.8 Å². The lowest BCUT2D eigenvalue weighted by Gasteiger charge is -2.24. The Bertz CT molecular complexity index is 1060. The van der Waals surface area contributed by atoms with Crippen LogP contribution in [0.5, 0.6) is 5.75 Å². The number of ether oxygens (including phenoxy) is 1. The van der Waals surface area contributed by atoms with Crippen molar-refractivity contribution in [3.63, 3.8) is 0 Å². The fourth-order valence-corrected chi connectivity index (χ4v) is 5.73. The predicted molar refractivity (Wildman–Crippen MR) is 115 cm³/mol. The van der Waals surface area contributed by atoms with E-state index in [-0.39, 0.29) is 32.2 Å². The molecule has 0 bridgehead atoms. The minimum absolute atomic E-state index is 0.115. The second-order valence-corrected chi connectivity index (χ2v) is 9.72. The van der Waals surface area contributed by atoms with Crippen LogP contribution in [-0.2, 0) is 14.8 Å². The van der Waals surface area contributed by atoms with Gasteiger partial charge in [-0.3, -0.25) is 4.79 Å². The summed E-state index contributed by atoms with van der Waals surface area (Å²) in [5, 5.41) is 3.37. The normalized spacial score (nSPS) is 17.3. The minimum Gasteiger partial charge on any atom is -0.497 e. The van der Waals surface area contributed by atoms with E-state index in [1.165, 1.54) is 29.6 Å². The molecule has 0 saturated carbocycles. The molecule has 6 nitrogen and oxygen atoms in total. The Morgan fingerprint density at radius 3 is 2.52 bits per heavy atom. The summed E-state index contributed by atoms with van der Waals surface area (Å²) in [6.07, 6.45) is 0.961. The van der Waals surface area contributed by atoms with E-state index in [9.17, 15) is 13.2 Å². The van der Waals surface area contributed by atoms with Gasteiger partial charge in [0.2, 0.25) is 15.9 Å². The first-order chi connectivity index (χ1) is 13.6. The Balaban J connectivity index is 1.90. The van der Waals surface area contributed by atoms with Gasteiger partial charge < -0.3 is 10.1 Å². The van der Waals surface area contributed by atoms with Crippen LogP contribution in [0.1, 0.15) is 18.4 Å². The Morgan fingerprint density at radius 1 is 1.14 bits per heavy atom. The van der Waals surface area contributed by atoms with Gasteiger partial charge in [-0.2, -0.15) is 4.31 Å². The molecule has 1 heterocycles. The number of sulfonamides is 1. The number of carbonyl (C=O) groups excluding carboxylic acids is 1. The topological polar surface area (TPSA) is 75.7 Å². The van der Waals surface area contributed by atoms with Gasteiger partial charge in [0, 0.05) is 12.6 Å². The average Bonchev–Trinajstić information content (AvgIpc) is 3.17. The maximum atomic E-state index is 13.3. The van der Waals surface area contributed by atoms with Crippen LogP contribution < -0.4 is 10.1 Å². The molecule has 0 aliphatic carbocycles. The molecule has 3 rings (SSSR count). The summed E-state index contributed by atoms with van der Waals surface area (Å²) < 4.78 is 32.9. The highest BCUT2D eigenvalue weighted by Crippen LogP contribution is 2.34. The molecule has 1 saturated heterocycles. The van der Waals surface area contributed by atoms with Crippen molar-refractivity contribution in [1.82, 2.24) is 4.31 Å². The number of benzene rings is 2. The molecule has 0 spiro atoms. The van der Waals surface area contributed by atoms with Crippen molar-refractivity contribution in [2.75, 3.05) is 19.0 Å². The first kappa shape index (κ1) is 22.2. The number of nitrogens with one attached hydrogen (secondary N) is 1. The van der Waals surface area contributed by atoms with Crippen molar-refractivity contribution >= 4 is 56.4 Å². The summed E-state index contributed by atoms with van der Waals surface area (Å²) >= 11 is 18.0. The fourth-order valence-electron chi connectivity index (χ4n) is 3.24. The molecular weight excluding hydrogens is 459 g/mol. The van der Waals surface area contributed by atoms with Crippen LogP contribution in [0.15, 0.2) is 35.2 Å². The second-order valence-electron chi connectivity index (χ2n) is 6.64. The van der Waals surface area contributed by atoms with E-state index in [2.05, 4.69) is 5.32 Å². The standard InChI is InChI=1S/C19H19Cl3N2O4S/c1-11-5-6-12(28-2)8-18(11)29(26,27)24-7-3-4-17(24)19(25)23-16-10-14(21)13(20)9-15(16)22/h5-6,8-10,17H,3-4,7H2,1-2H3,(H,23,25)/t17-/m0/s1. The maximum absolute atomic E-state index is 13.3. The smallest absolute Gasteiger partial charge is 0.244 e. The number of halogens is 3. The van der Waals surface area contributed by atoms with Crippen molar-refractivity contribution in [3.05, 3.63) is 51.0 Å². The highest BCUT2D eigenvalue weighted by Gasteiger charge is 2.40. The number of methoxy groups -OCH3 is 1. The van der Waals surface area contributed by atoms with Crippen LogP contribution in [-0.4, -0.2) is 38.3 Å². The molecular formula is C19H19Cl3N2O4S. The summed E-state index contributed by atoms with van der Waals surface area (Å²) in [7, 11) is -2.43. The minimum atomic E-state index is -3.90. The third-order valence-corrected chi connectivity index (χ3v) is 7.84. The SMILES string of the molecule is COc1ccc(C)c(S(=O)(=O)N2CCC[C@H]2C(=O)Nc2cc(Cl)c(Cl)cc2Cl)c1. The van der Waals surface area contributed by atoms with Crippen molar-refractivity contribution in [2.45, 2.75) is 30.7 Å². The average molecular weight is 478 g/mol. The van der Waals surface area contributed by atoms with E-state index >= 15 is 0 Å². The largest absolute Gasteiger partial charge is 0.497 e. The molecule has 1 fully saturated rings. The van der Waals surface area contributed by atoms with Gasteiger partial charge in [-0.15, -0.1) is 0 Å². The van der Waals surface area contributed by atoms with Crippen molar-refractivity contribution < 1.29 is 17.9 Å². The molecule has 1 N–H and O–H groups in total. The van der Waals surface area contributed by atoms with E-state index in [0.29, 0.717) is 24.2 Å². The van der Waals surface area contributed by atoms with Gasteiger partial charge in [-0.1, -0.05) is 40.9 Å². The Labute approximate surface area is 184 Å². The third-order valence-electron chi connectivity index (χ3n) is 4.76. The molecule has 156 valence electrons. The van der Waals surface area contributed by atoms with E-state index < -0.39 is 22.0 Å². The summed E-state index contributed by atoms with van der Waals surface area (Å²) in [5.41, 5.74) is 0.845. The molecule has 1 amide bonds. The molecule has 1 atom stereocenters. The zero-order valence-electron chi connectivity index (χ0n) is 15.7. The van der Waals surface area contributed by atoms with Crippen LogP contribution in [0.3, 0.4) is 0 Å². The molecule has 0 unspecified atom stereocenters. The lowest BCUT2D eigenvalue weighted by molar-refractivity contribution is -0.119. The Morgan fingerprint density at radius 2 is 1.83 bits per heavy atom. The van der Waals surface area contributed by atoms with E-state index in [1.807, 2.05) is 0 Å². The van der Waals surface area contributed by atoms with Crippen molar-refractivity contribution in [1.29, 1.82) is 0 Å². The first-order valence-electron chi connectivity index (χ1n) is 8.77. The van der Waals surface area contributed by atoms with E-state index in [4.69, 9.17) is 39.5 Å². The van der Waals surface area contributed by atoms with Gasteiger partial charge in [0.25, 0.3) is 0 Å². The van der Waals surface area contributed by atoms with Gasteiger partial charge in [-0.05, 0) is 43.5 Å². The lowest BCUT2D eigenvalue weighted by Crippen LogP contribution is -2.43. The molecule has 1 aliphatic heterocycles. The quantitative estimate of drug-likeness (QED) is 0.630. The number of aryl methyl sites for hydroxylation is 1. The summed E-state index contributed by atoms with van der Waals surface area (Å²) in [6, 6.07) is 6.82. The van der Waals surface area contributed by atoms with Gasteiger partial charge in [0.15, 0.2) is 0 Å². The van der Waals surface area contributed by atoms with Crippen LogP contribution in [0.25, 0.3) is 0 Å². The second kappa shape index (κ2) is 8.70. The van der Waals surface area contributed by atoms with Gasteiger partial charge in [0.1, 0.15) is 11.8 Å². The molecule has 10 heteroatoms. The van der Waals surface area contributed by atoms with Crippen molar-refractivity contribution in [3.8, 4) is 5.75 Å². The van der Waals surface area contributed by atoms with Crippen LogP contribution in [0, 0.1) is 6.92 Å². The van der Waals surface area contributed by atoms with Gasteiger partial charge in [-0.25, -0.2) is 8.42 Å². The third kappa shape index (κ3) is 4.49. The highest BCUT2D eigenvalue weighted by atomic mass is 35.5. The van der Waals surface area contributed by atoms with Crippen LogP contribution in [0.2, 0.25) is 15.1 Å². The summed E-state index contributed by atoms with van der Waals surface area (Å²) in [4.78, 5) is 13.0. The number of amides is 1. The lowest BCUT2D eigenvalue weighted by atomic mass is 10.2. The molecule has 1 aliphatic rings. The number of hydrogen-bond donors (Lipinski definition) is 1. The predicted octanol–water partition coefficient (Wildman–Crippen LogP) is 4.76. The Hall–Kier alpha value is -1.51. The van der Waals surface area contributed by atoms with Gasteiger partial charge >= 0.3 is 0 Å². The van der Waals surface area contributed by atoms with E-state index in [0.717, 1.165) is 0 Å². The number of carbonyl (C=O) groups is 1.